The molecule has 0 unspecified atom stereocenters. The highest BCUT2D eigenvalue weighted by Crippen LogP contribution is 2.27. The number of hydrogen-bond donors (Lipinski definition) is 2. The van der Waals surface area contributed by atoms with Crippen LogP contribution in [0.4, 0.5) is 5.69 Å². The van der Waals surface area contributed by atoms with Gasteiger partial charge < -0.3 is 9.84 Å². The van der Waals surface area contributed by atoms with E-state index in [1.165, 1.54) is 30.6 Å². The zero-order valence-corrected chi connectivity index (χ0v) is 11.8. The van der Waals surface area contributed by atoms with Crippen molar-refractivity contribution >= 4 is 27.0 Å². The molecule has 0 saturated heterocycles. The zero-order valence-electron chi connectivity index (χ0n) is 10.2. The number of methoxy groups -OCH3 is 1. The Morgan fingerprint density at radius 2 is 2.16 bits per heavy atom. The lowest BCUT2D eigenvalue weighted by molar-refractivity contribution is 0.281. The van der Waals surface area contributed by atoms with Crippen molar-refractivity contribution in [2.24, 2.45) is 0 Å². The molecule has 102 valence electrons. The van der Waals surface area contributed by atoms with Crippen LogP contribution in [0.1, 0.15) is 5.56 Å². The van der Waals surface area contributed by atoms with Crippen molar-refractivity contribution in [2.75, 3.05) is 11.8 Å². The molecule has 0 amide bonds. The summed E-state index contributed by atoms with van der Waals surface area (Å²) in [7, 11) is -2.34. The molecule has 2 rings (SSSR count). The number of rotatable bonds is 5. The van der Waals surface area contributed by atoms with Crippen LogP contribution in [0.5, 0.6) is 5.75 Å². The van der Waals surface area contributed by atoms with Gasteiger partial charge in [-0.1, -0.05) is 6.07 Å². The van der Waals surface area contributed by atoms with Crippen LogP contribution in [-0.4, -0.2) is 20.6 Å². The molecule has 0 bridgehead atoms. The third kappa shape index (κ3) is 3.06. The predicted molar refractivity (Wildman–Crippen MR) is 74.0 cm³/mol. The monoisotopic (exact) mass is 299 g/mol. The molecule has 5 nitrogen and oxygen atoms in total. The van der Waals surface area contributed by atoms with Gasteiger partial charge in [-0.05, 0) is 29.1 Å². The number of nitrogens with one attached hydrogen (secondary N) is 1. The summed E-state index contributed by atoms with van der Waals surface area (Å²) in [4.78, 5) is 0.00718. The van der Waals surface area contributed by atoms with Gasteiger partial charge in [0.1, 0.15) is 10.6 Å². The molecule has 0 saturated carbocycles. The van der Waals surface area contributed by atoms with Crippen molar-refractivity contribution in [2.45, 2.75) is 11.5 Å². The van der Waals surface area contributed by atoms with Crippen molar-refractivity contribution < 1.29 is 18.3 Å². The highest BCUT2D eigenvalue weighted by Gasteiger charge is 2.20. The van der Waals surface area contributed by atoms with Crippen LogP contribution in [0.25, 0.3) is 0 Å². The Labute approximate surface area is 115 Å². The second-order valence-corrected chi connectivity index (χ2v) is 6.19. The van der Waals surface area contributed by atoms with Gasteiger partial charge in [-0.2, -0.15) is 11.3 Å². The highest BCUT2D eigenvalue weighted by atomic mass is 32.2. The summed E-state index contributed by atoms with van der Waals surface area (Å²) in [6.07, 6.45) is 0. The van der Waals surface area contributed by atoms with E-state index in [-0.39, 0.29) is 17.3 Å². The summed E-state index contributed by atoms with van der Waals surface area (Å²) in [5.41, 5.74) is 1.01. The van der Waals surface area contributed by atoms with E-state index in [0.29, 0.717) is 11.3 Å². The zero-order chi connectivity index (χ0) is 13.9. The number of sulfonamides is 1. The van der Waals surface area contributed by atoms with Crippen LogP contribution >= 0.6 is 11.3 Å². The largest absolute Gasteiger partial charge is 0.495 e. The first-order chi connectivity index (χ1) is 9.06. The first kappa shape index (κ1) is 13.9. The van der Waals surface area contributed by atoms with E-state index in [1.807, 2.05) is 0 Å². The van der Waals surface area contributed by atoms with Gasteiger partial charge in [0.05, 0.1) is 19.4 Å². The maximum atomic E-state index is 12.3. The maximum absolute atomic E-state index is 12.3. The molecular weight excluding hydrogens is 286 g/mol. The standard InChI is InChI=1S/C12H13NO4S2/c1-17-11-3-2-9(7-14)6-12(11)19(15,16)13-10-4-5-18-8-10/h2-6,8,13-14H,7H2,1H3. The summed E-state index contributed by atoms with van der Waals surface area (Å²) in [5, 5.41) is 12.6. The average Bonchev–Trinajstić information content (AvgIpc) is 2.90. The van der Waals surface area contributed by atoms with Gasteiger partial charge in [0.2, 0.25) is 0 Å². The maximum Gasteiger partial charge on any atom is 0.265 e. The molecule has 0 atom stereocenters. The minimum Gasteiger partial charge on any atom is -0.495 e. The van der Waals surface area contributed by atoms with Gasteiger partial charge in [0.15, 0.2) is 0 Å². The topological polar surface area (TPSA) is 75.6 Å². The summed E-state index contributed by atoms with van der Waals surface area (Å²) in [6.45, 7) is -0.231. The summed E-state index contributed by atoms with van der Waals surface area (Å²) < 4.78 is 32.1. The van der Waals surface area contributed by atoms with E-state index in [4.69, 9.17) is 9.84 Å². The molecule has 0 aliphatic carbocycles. The normalized spacial score (nSPS) is 11.3. The van der Waals surface area contributed by atoms with E-state index < -0.39 is 10.0 Å². The van der Waals surface area contributed by atoms with Gasteiger partial charge >= 0.3 is 0 Å². The Hall–Kier alpha value is -1.57. The van der Waals surface area contributed by atoms with Gasteiger partial charge in [-0.3, -0.25) is 4.72 Å². The van der Waals surface area contributed by atoms with Crippen LogP contribution in [0.2, 0.25) is 0 Å². The second kappa shape index (κ2) is 5.60. The van der Waals surface area contributed by atoms with Crippen molar-refractivity contribution in [3.05, 3.63) is 40.6 Å². The number of aliphatic hydroxyl groups excluding tert-OH is 1. The number of ether oxygens (including phenoxy) is 1. The lowest BCUT2D eigenvalue weighted by Crippen LogP contribution is -2.14. The van der Waals surface area contributed by atoms with Crippen molar-refractivity contribution in [3.8, 4) is 5.75 Å². The number of benzene rings is 1. The fourth-order valence-electron chi connectivity index (χ4n) is 1.56. The molecule has 1 aromatic carbocycles. The molecule has 0 aliphatic heterocycles. The molecule has 7 heteroatoms. The fourth-order valence-corrected chi connectivity index (χ4v) is 3.49. The van der Waals surface area contributed by atoms with Crippen LogP contribution < -0.4 is 9.46 Å². The van der Waals surface area contributed by atoms with E-state index in [2.05, 4.69) is 4.72 Å². The first-order valence-electron chi connectivity index (χ1n) is 5.39. The predicted octanol–water partition coefficient (Wildman–Crippen LogP) is 2.05. The van der Waals surface area contributed by atoms with Crippen molar-refractivity contribution in [1.82, 2.24) is 0 Å². The lowest BCUT2D eigenvalue weighted by atomic mass is 10.2. The minimum atomic E-state index is -3.74. The SMILES string of the molecule is COc1ccc(CO)cc1S(=O)(=O)Nc1ccsc1. The van der Waals surface area contributed by atoms with Crippen LogP contribution in [0.15, 0.2) is 39.9 Å². The Bertz CT molecular complexity index is 650. The van der Waals surface area contributed by atoms with Gasteiger partial charge in [-0.15, -0.1) is 0 Å². The fraction of sp³-hybridized carbons (Fsp3) is 0.167. The summed E-state index contributed by atoms with van der Waals surface area (Å²) in [5.74, 6) is 0.236. The van der Waals surface area contributed by atoms with E-state index in [0.717, 1.165) is 0 Å². The molecule has 2 aromatic rings. The summed E-state index contributed by atoms with van der Waals surface area (Å²) in [6, 6.07) is 6.20. The van der Waals surface area contributed by atoms with Crippen LogP contribution in [0, 0.1) is 0 Å². The summed E-state index contributed by atoms with van der Waals surface area (Å²) >= 11 is 1.39. The number of hydrogen-bond acceptors (Lipinski definition) is 5. The molecule has 0 spiro atoms. The third-order valence-electron chi connectivity index (χ3n) is 2.47. The molecule has 2 N–H and O–H groups in total. The van der Waals surface area contributed by atoms with Gasteiger partial charge in [0, 0.05) is 5.38 Å². The molecule has 0 fully saturated rings. The van der Waals surface area contributed by atoms with E-state index in [9.17, 15) is 8.42 Å². The minimum absolute atomic E-state index is 0.00718. The van der Waals surface area contributed by atoms with Crippen molar-refractivity contribution in [3.63, 3.8) is 0 Å². The first-order valence-corrected chi connectivity index (χ1v) is 7.82. The smallest absolute Gasteiger partial charge is 0.265 e. The number of aliphatic hydroxyl groups is 1. The van der Waals surface area contributed by atoms with Gasteiger partial charge in [0.25, 0.3) is 10.0 Å². The van der Waals surface area contributed by atoms with Crippen molar-refractivity contribution in [1.29, 1.82) is 0 Å². The van der Waals surface area contributed by atoms with Gasteiger partial charge in [-0.25, -0.2) is 8.42 Å². The quantitative estimate of drug-likeness (QED) is 0.886. The van der Waals surface area contributed by atoms with Crippen LogP contribution in [-0.2, 0) is 16.6 Å². The molecule has 0 radical (unpaired) electrons. The Morgan fingerprint density at radius 3 is 2.74 bits per heavy atom. The lowest BCUT2D eigenvalue weighted by Gasteiger charge is -2.11. The van der Waals surface area contributed by atoms with E-state index >= 15 is 0 Å². The number of anilines is 1. The molecule has 0 aliphatic rings. The van der Waals surface area contributed by atoms with E-state index in [1.54, 1.807) is 22.9 Å². The Balaban J connectivity index is 2.43. The third-order valence-corrected chi connectivity index (χ3v) is 4.56. The highest BCUT2D eigenvalue weighted by molar-refractivity contribution is 7.92. The molecular formula is C12H13NO4S2. The average molecular weight is 299 g/mol. The van der Waals surface area contributed by atoms with Crippen LogP contribution in [0.3, 0.4) is 0 Å². The second-order valence-electron chi connectivity index (χ2n) is 3.76. The molecule has 1 aromatic heterocycles. The number of thiophene rings is 1. The molecule has 1 heterocycles. The Morgan fingerprint density at radius 1 is 1.37 bits per heavy atom. The molecule has 19 heavy (non-hydrogen) atoms. The Kier molecular flexibility index (Phi) is 4.08.